The van der Waals surface area contributed by atoms with Gasteiger partial charge in [0.05, 0.1) is 20.1 Å². The Hall–Kier alpha value is -3.96. The molecule has 196 valence electrons. The Morgan fingerprint density at radius 1 is 0.868 bits per heavy atom. The van der Waals surface area contributed by atoms with Crippen molar-refractivity contribution in [3.63, 3.8) is 0 Å². The van der Waals surface area contributed by atoms with Crippen LogP contribution in [0, 0.1) is 5.82 Å². The standard InChI is InChI=1S/C33H34FNO3/c1-4-38-33(36)22-32(28-18-19-31(34)30(21-28)27-16-11-17-29(20-27)37-3)35(23-25-12-7-5-8-13-25)24(2)26-14-9-6-10-15-26/h5-21,24,32H,4,22-23H2,1-3H3/t24-,32?/m1/s1. The van der Waals surface area contributed by atoms with Gasteiger partial charge in [-0.3, -0.25) is 9.69 Å². The number of esters is 1. The van der Waals surface area contributed by atoms with Crippen LogP contribution in [-0.4, -0.2) is 24.6 Å². The van der Waals surface area contributed by atoms with Crippen LogP contribution in [0.15, 0.2) is 103 Å². The number of ether oxygens (including phenoxy) is 2. The number of hydrogen-bond donors (Lipinski definition) is 0. The summed E-state index contributed by atoms with van der Waals surface area (Å²) in [5.41, 5.74) is 4.27. The van der Waals surface area contributed by atoms with Crippen molar-refractivity contribution in [1.82, 2.24) is 4.90 Å². The summed E-state index contributed by atoms with van der Waals surface area (Å²) < 4.78 is 25.9. The van der Waals surface area contributed by atoms with E-state index in [2.05, 4.69) is 36.1 Å². The first kappa shape index (κ1) is 27.1. The van der Waals surface area contributed by atoms with Crippen LogP contribution in [-0.2, 0) is 16.1 Å². The van der Waals surface area contributed by atoms with E-state index in [9.17, 15) is 4.79 Å². The highest BCUT2D eigenvalue weighted by Crippen LogP contribution is 2.37. The maximum atomic E-state index is 15.2. The number of halogens is 1. The fraction of sp³-hybridized carbons (Fsp3) is 0.242. The Morgan fingerprint density at radius 3 is 2.26 bits per heavy atom. The van der Waals surface area contributed by atoms with Gasteiger partial charge in [0.2, 0.25) is 0 Å². The summed E-state index contributed by atoms with van der Waals surface area (Å²) >= 11 is 0. The summed E-state index contributed by atoms with van der Waals surface area (Å²) in [6.07, 6.45) is 0.140. The van der Waals surface area contributed by atoms with Gasteiger partial charge in [0.15, 0.2) is 0 Å². The van der Waals surface area contributed by atoms with Gasteiger partial charge in [-0.25, -0.2) is 4.39 Å². The molecular formula is C33H34FNO3. The molecule has 0 amide bonds. The topological polar surface area (TPSA) is 38.8 Å². The lowest BCUT2D eigenvalue weighted by atomic mass is 9.93. The smallest absolute Gasteiger partial charge is 0.307 e. The monoisotopic (exact) mass is 511 g/mol. The average Bonchev–Trinajstić information content (AvgIpc) is 2.96. The van der Waals surface area contributed by atoms with Gasteiger partial charge in [-0.2, -0.15) is 0 Å². The Balaban J connectivity index is 1.82. The number of rotatable bonds is 11. The Morgan fingerprint density at radius 2 is 1.58 bits per heavy atom. The fourth-order valence-electron chi connectivity index (χ4n) is 4.80. The maximum absolute atomic E-state index is 15.2. The van der Waals surface area contributed by atoms with Gasteiger partial charge >= 0.3 is 5.97 Å². The van der Waals surface area contributed by atoms with Crippen molar-refractivity contribution >= 4 is 5.97 Å². The molecule has 4 aromatic carbocycles. The predicted octanol–water partition coefficient (Wildman–Crippen LogP) is 7.76. The molecule has 0 aromatic heterocycles. The first-order valence-corrected chi connectivity index (χ1v) is 12.9. The maximum Gasteiger partial charge on any atom is 0.307 e. The molecule has 0 bridgehead atoms. The number of benzene rings is 4. The quantitative estimate of drug-likeness (QED) is 0.193. The first-order chi connectivity index (χ1) is 18.5. The number of methoxy groups -OCH3 is 1. The van der Waals surface area contributed by atoms with Crippen LogP contribution in [0.2, 0.25) is 0 Å². The van der Waals surface area contributed by atoms with Gasteiger partial charge < -0.3 is 9.47 Å². The van der Waals surface area contributed by atoms with Gasteiger partial charge in [0.1, 0.15) is 11.6 Å². The molecule has 4 nitrogen and oxygen atoms in total. The van der Waals surface area contributed by atoms with Gasteiger partial charge in [-0.05, 0) is 60.4 Å². The molecule has 1 unspecified atom stereocenters. The third kappa shape index (κ3) is 6.67. The van der Waals surface area contributed by atoms with Crippen LogP contribution in [0.4, 0.5) is 4.39 Å². The van der Waals surface area contributed by atoms with E-state index < -0.39 is 0 Å². The molecule has 0 fully saturated rings. The molecule has 4 rings (SSSR count). The highest BCUT2D eigenvalue weighted by Gasteiger charge is 2.29. The molecule has 0 saturated carbocycles. The van der Waals surface area contributed by atoms with Crippen molar-refractivity contribution in [3.05, 3.63) is 126 Å². The second kappa shape index (κ2) is 13.0. The van der Waals surface area contributed by atoms with Crippen LogP contribution >= 0.6 is 0 Å². The minimum absolute atomic E-state index is 0.0267. The number of nitrogens with zero attached hydrogens (tertiary/aromatic N) is 1. The summed E-state index contributed by atoms with van der Waals surface area (Å²) in [5.74, 6) is 0.0319. The molecule has 0 saturated heterocycles. The van der Waals surface area contributed by atoms with Crippen molar-refractivity contribution in [2.45, 2.75) is 38.9 Å². The average molecular weight is 512 g/mol. The van der Waals surface area contributed by atoms with Gasteiger partial charge in [0, 0.05) is 24.2 Å². The lowest BCUT2D eigenvalue weighted by Gasteiger charge is -2.37. The van der Waals surface area contributed by atoms with Gasteiger partial charge in [0.25, 0.3) is 0 Å². The van der Waals surface area contributed by atoms with Crippen molar-refractivity contribution in [1.29, 1.82) is 0 Å². The molecule has 0 heterocycles. The minimum atomic E-state index is -0.352. The van der Waals surface area contributed by atoms with E-state index in [1.54, 1.807) is 20.1 Å². The van der Waals surface area contributed by atoms with E-state index in [-0.39, 0.29) is 30.3 Å². The lowest BCUT2D eigenvalue weighted by Crippen LogP contribution is -2.33. The highest BCUT2D eigenvalue weighted by molar-refractivity contribution is 5.71. The van der Waals surface area contributed by atoms with Crippen molar-refractivity contribution in [3.8, 4) is 16.9 Å². The zero-order chi connectivity index (χ0) is 26.9. The Kier molecular flexibility index (Phi) is 9.28. The van der Waals surface area contributed by atoms with E-state index in [1.807, 2.05) is 66.7 Å². The van der Waals surface area contributed by atoms with E-state index >= 15 is 4.39 Å². The zero-order valence-corrected chi connectivity index (χ0v) is 22.1. The predicted molar refractivity (Wildman–Crippen MR) is 149 cm³/mol. The molecule has 2 atom stereocenters. The summed E-state index contributed by atoms with van der Waals surface area (Å²) in [6.45, 7) is 4.85. The van der Waals surface area contributed by atoms with E-state index in [1.165, 1.54) is 6.07 Å². The molecule has 5 heteroatoms. The van der Waals surface area contributed by atoms with Gasteiger partial charge in [-0.15, -0.1) is 0 Å². The summed E-state index contributed by atoms with van der Waals surface area (Å²) in [6, 6.07) is 32.5. The third-order valence-electron chi connectivity index (χ3n) is 6.81. The molecule has 0 N–H and O–H groups in total. The van der Waals surface area contributed by atoms with Crippen molar-refractivity contribution in [2.75, 3.05) is 13.7 Å². The molecule has 0 aliphatic rings. The van der Waals surface area contributed by atoms with Crippen LogP contribution in [0.1, 0.15) is 49.0 Å². The highest BCUT2D eigenvalue weighted by atomic mass is 19.1. The molecular weight excluding hydrogens is 477 g/mol. The number of hydrogen-bond acceptors (Lipinski definition) is 4. The lowest BCUT2D eigenvalue weighted by molar-refractivity contribution is -0.145. The second-order valence-corrected chi connectivity index (χ2v) is 9.24. The van der Waals surface area contributed by atoms with Gasteiger partial charge in [-0.1, -0.05) is 78.9 Å². The normalized spacial score (nSPS) is 12.7. The fourth-order valence-corrected chi connectivity index (χ4v) is 4.80. The van der Waals surface area contributed by atoms with Crippen molar-refractivity contribution in [2.24, 2.45) is 0 Å². The molecule has 0 radical (unpaired) electrons. The van der Waals surface area contributed by atoms with E-state index in [4.69, 9.17) is 9.47 Å². The van der Waals surface area contributed by atoms with Crippen LogP contribution < -0.4 is 4.74 Å². The zero-order valence-electron chi connectivity index (χ0n) is 22.1. The molecule has 0 spiro atoms. The molecule has 0 aliphatic carbocycles. The van der Waals surface area contributed by atoms with Crippen LogP contribution in [0.5, 0.6) is 5.75 Å². The third-order valence-corrected chi connectivity index (χ3v) is 6.81. The summed E-state index contributed by atoms with van der Waals surface area (Å²) in [7, 11) is 1.59. The second-order valence-electron chi connectivity index (χ2n) is 9.24. The first-order valence-electron chi connectivity index (χ1n) is 12.9. The Labute approximate surface area is 224 Å². The number of carbonyl (C=O) groups excluding carboxylic acids is 1. The summed E-state index contributed by atoms with van der Waals surface area (Å²) in [4.78, 5) is 15.2. The SMILES string of the molecule is CCOC(=O)CC(c1ccc(F)c(-c2cccc(OC)c2)c1)N(Cc1ccccc1)[C@H](C)c1ccccc1. The molecule has 0 aliphatic heterocycles. The van der Waals surface area contributed by atoms with E-state index in [0.717, 1.165) is 16.7 Å². The van der Waals surface area contributed by atoms with E-state index in [0.29, 0.717) is 30.0 Å². The van der Waals surface area contributed by atoms with Crippen LogP contribution in [0.25, 0.3) is 11.1 Å². The van der Waals surface area contributed by atoms with Crippen molar-refractivity contribution < 1.29 is 18.7 Å². The summed E-state index contributed by atoms with van der Waals surface area (Å²) in [5, 5.41) is 0. The largest absolute Gasteiger partial charge is 0.497 e. The molecule has 38 heavy (non-hydrogen) atoms. The van der Waals surface area contributed by atoms with Crippen LogP contribution in [0.3, 0.4) is 0 Å². The minimum Gasteiger partial charge on any atom is -0.497 e. The molecule has 4 aromatic rings. The number of carbonyl (C=O) groups is 1. The Bertz CT molecular complexity index is 1330.